The summed E-state index contributed by atoms with van der Waals surface area (Å²) in [6, 6.07) is 5.87. The van der Waals surface area contributed by atoms with E-state index < -0.39 is 0 Å². The Balaban J connectivity index is 2.28. The van der Waals surface area contributed by atoms with Crippen molar-refractivity contribution in [3.05, 3.63) is 30.1 Å². The second-order valence-corrected chi connectivity index (χ2v) is 3.78. The van der Waals surface area contributed by atoms with Gasteiger partial charge in [-0.05, 0) is 29.9 Å². The van der Waals surface area contributed by atoms with E-state index in [4.69, 9.17) is 5.73 Å². The molecule has 6 heteroatoms. The Hall–Kier alpha value is -1.95. The number of hydrogen-bond donors (Lipinski definition) is 2. The zero-order chi connectivity index (χ0) is 11.5. The van der Waals surface area contributed by atoms with Crippen LogP contribution in [-0.4, -0.2) is 20.9 Å². The Bertz CT molecular complexity index is 557. The third-order valence-corrected chi connectivity index (χ3v) is 2.23. The topological polar surface area (TPSA) is 68.2 Å². The summed E-state index contributed by atoms with van der Waals surface area (Å²) in [4.78, 5) is 4.23. The molecule has 0 amide bonds. The Kier molecular flexibility index (Phi) is 2.82. The van der Waals surface area contributed by atoms with Crippen LogP contribution in [0.15, 0.2) is 29.6 Å². The van der Waals surface area contributed by atoms with Crippen LogP contribution in [0.2, 0.25) is 0 Å². The summed E-state index contributed by atoms with van der Waals surface area (Å²) in [5.41, 5.74) is 10.7. The van der Waals surface area contributed by atoms with E-state index >= 15 is 0 Å². The second-order valence-electron chi connectivity index (χ2n) is 3.34. The highest BCUT2D eigenvalue weighted by molar-refractivity contribution is 7.80. The van der Waals surface area contributed by atoms with Gasteiger partial charge < -0.3 is 10.3 Å². The van der Waals surface area contributed by atoms with Crippen LogP contribution in [0.5, 0.6) is 0 Å². The highest BCUT2D eigenvalue weighted by atomic mass is 32.1. The minimum absolute atomic E-state index is 0.151. The van der Waals surface area contributed by atoms with Gasteiger partial charge >= 0.3 is 0 Å². The van der Waals surface area contributed by atoms with Gasteiger partial charge in [0.15, 0.2) is 5.11 Å². The van der Waals surface area contributed by atoms with Crippen LogP contribution in [-0.2, 0) is 7.05 Å². The number of hydrazone groups is 1. The Labute approximate surface area is 98.0 Å². The quantitative estimate of drug-likeness (QED) is 0.456. The maximum absolute atomic E-state index is 5.25. The molecular weight excluding hydrogens is 222 g/mol. The van der Waals surface area contributed by atoms with E-state index in [1.54, 1.807) is 12.5 Å². The first-order valence-corrected chi connectivity index (χ1v) is 5.07. The van der Waals surface area contributed by atoms with Gasteiger partial charge in [0.25, 0.3) is 0 Å². The number of aryl methyl sites for hydroxylation is 1. The van der Waals surface area contributed by atoms with Crippen molar-refractivity contribution in [3.8, 4) is 0 Å². The zero-order valence-corrected chi connectivity index (χ0v) is 9.53. The lowest BCUT2D eigenvalue weighted by Gasteiger charge is -1.97. The Morgan fingerprint density at radius 1 is 1.62 bits per heavy atom. The maximum Gasteiger partial charge on any atom is 0.184 e. The molecule has 2 aromatic rings. The molecule has 5 nitrogen and oxygen atoms in total. The molecule has 0 radical (unpaired) electrons. The van der Waals surface area contributed by atoms with Gasteiger partial charge in [0.05, 0.1) is 23.6 Å². The van der Waals surface area contributed by atoms with Crippen LogP contribution in [0.1, 0.15) is 5.56 Å². The number of aromatic nitrogens is 2. The molecule has 0 bridgehead atoms. The molecule has 82 valence electrons. The fraction of sp³-hybridized carbons (Fsp3) is 0.100. The molecule has 0 aliphatic carbocycles. The molecule has 0 saturated heterocycles. The van der Waals surface area contributed by atoms with Gasteiger partial charge in [-0.2, -0.15) is 5.10 Å². The normalized spacial score (nSPS) is 11.1. The molecule has 16 heavy (non-hydrogen) atoms. The average molecular weight is 233 g/mol. The van der Waals surface area contributed by atoms with Crippen LogP contribution >= 0.6 is 12.2 Å². The molecule has 1 heterocycles. The number of rotatable bonds is 2. The molecule has 0 unspecified atom stereocenters. The summed E-state index contributed by atoms with van der Waals surface area (Å²) < 4.78 is 1.95. The van der Waals surface area contributed by atoms with E-state index in [0.29, 0.717) is 0 Å². The fourth-order valence-electron chi connectivity index (χ4n) is 1.39. The van der Waals surface area contributed by atoms with E-state index in [9.17, 15) is 0 Å². The number of nitrogens with one attached hydrogen (secondary N) is 1. The summed E-state index contributed by atoms with van der Waals surface area (Å²) in [6.45, 7) is 0. The highest BCUT2D eigenvalue weighted by Gasteiger charge is 1.99. The average Bonchev–Trinajstić information content (AvgIpc) is 2.60. The number of hydrogen-bond acceptors (Lipinski definition) is 3. The van der Waals surface area contributed by atoms with Crippen LogP contribution in [0.25, 0.3) is 11.0 Å². The number of nitrogens with zero attached hydrogens (tertiary/aromatic N) is 3. The molecule has 0 atom stereocenters. The van der Waals surface area contributed by atoms with Gasteiger partial charge in [0, 0.05) is 7.05 Å². The molecular formula is C10H11N5S. The Morgan fingerprint density at radius 3 is 3.19 bits per heavy atom. The molecule has 3 N–H and O–H groups in total. The molecule has 1 aromatic carbocycles. The summed E-state index contributed by atoms with van der Waals surface area (Å²) in [5.74, 6) is 0. The van der Waals surface area contributed by atoms with Gasteiger partial charge in [0.1, 0.15) is 0 Å². The first-order chi connectivity index (χ1) is 7.66. The van der Waals surface area contributed by atoms with Crippen LogP contribution < -0.4 is 11.2 Å². The predicted octanol–water partition coefficient (Wildman–Crippen LogP) is 0.740. The van der Waals surface area contributed by atoms with Gasteiger partial charge in [-0.25, -0.2) is 4.98 Å². The minimum atomic E-state index is 0.151. The van der Waals surface area contributed by atoms with Crippen molar-refractivity contribution in [2.75, 3.05) is 0 Å². The minimum Gasteiger partial charge on any atom is -0.375 e. The lowest BCUT2D eigenvalue weighted by molar-refractivity contribution is 0.947. The first-order valence-electron chi connectivity index (χ1n) is 4.66. The Morgan fingerprint density at radius 2 is 2.44 bits per heavy atom. The molecule has 0 aliphatic heterocycles. The van der Waals surface area contributed by atoms with Crippen LogP contribution in [0, 0.1) is 0 Å². The zero-order valence-electron chi connectivity index (χ0n) is 8.71. The molecule has 1 aromatic heterocycles. The van der Waals surface area contributed by atoms with Crippen molar-refractivity contribution in [3.63, 3.8) is 0 Å². The molecule has 0 aliphatic rings. The third-order valence-electron chi connectivity index (χ3n) is 2.14. The van der Waals surface area contributed by atoms with E-state index in [2.05, 4.69) is 27.7 Å². The first kappa shape index (κ1) is 10.6. The van der Waals surface area contributed by atoms with Gasteiger partial charge in [0.2, 0.25) is 0 Å². The van der Waals surface area contributed by atoms with Crippen molar-refractivity contribution in [2.24, 2.45) is 17.9 Å². The smallest absolute Gasteiger partial charge is 0.184 e. The fourth-order valence-corrected chi connectivity index (χ4v) is 1.45. The summed E-state index contributed by atoms with van der Waals surface area (Å²) in [7, 11) is 1.95. The van der Waals surface area contributed by atoms with Crippen molar-refractivity contribution in [2.45, 2.75) is 0 Å². The molecule has 0 spiro atoms. The maximum atomic E-state index is 5.25. The number of fused-ring (bicyclic) bond motifs is 1. The molecule has 0 fully saturated rings. The number of imidazole rings is 1. The summed E-state index contributed by atoms with van der Waals surface area (Å²) in [5, 5.41) is 4.04. The van der Waals surface area contributed by atoms with Gasteiger partial charge in [-0.15, -0.1) is 0 Å². The van der Waals surface area contributed by atoms with Crippen LogP contribution in [0.4, 0.5) is 0 Å². The van der Waals surface area contributed by atoms with E-state index in [0.717, 1.165) is 16.6 Å². The standard InChI is InChI=1S/C10H11N5S/c1-15-6-12-8-3-2-7(4-9(8)15)5-13-14-10(11)16/h2-6H,1H3,(H3,11,14,16). The SMILES string of the molecule is Cn1cnc2ccc(C=NNC(N)=S)cc21. The van der Waals surface area contributed by atoms with E-state index in [-0.39, 0.29) is 5.11 Å². The lowest BCUT2D eigenvalue weighted by atomic mass is 10.2. The van der Waals surface area contributed by atoms with E-state index in [1.165, 1.54) is 0 Å². The van der Waals surface area contributed by atoms with Crippen molar-refractivity contribution in [1.82, 2.24) is 15.0 Å². The molecule has 0 saturated carbocycles. The van der Waals surface area contributed by atoms with Crippen molar-refractivity contribution >= 4 is 34.6 Å². The van der Waals surface area contributed by atoms with Gasteiger partial charge in [-0.3, -0.25) is 5.43 Å². The lowest BCUT2D eigenvalue weighted by Crippen LogP contribution is -2.23. The van der Waals surface area contributed by atoms with E-state index in [1.807, 2.05) is 29.8 Å². The summed E-state index contributed by atoms with van der Waals surface area (Å²) >= 11 is 4.63. The summed E-state index contributed by atoms with van der Waals surface area (Å²) in [6.07, 6.45) is 3.43. The molecule has 2 rings (SSSR count). The second kappa shape index (κ2) is 4.28. The number of nitrogens with two attached hydrogens (primary N) is 1. The monoisotopic (exact) mass is 233 g/mol. The third kappa shape index (κ3) is 2.17. The van der Waals surface area contributed by atoms with Crippen molar-refractivity contribution in [1.29, 1.82) is 0 Å². The van der Waals surface area contributed by atoms with Crippen LogP contribution in [0.3, 0.4) is 0 Å². The predicted molar refractivity (Wildman–Crippen MR) is 68.2 cm³/mol. The largest absolute Gasteiger partial charge is 0.375 e. The number of thiocarbonyl (C=S) groups is 1. The van der Waals surface area contributed by atoms with Crippen molar-refractivity contribution < 1.29 is 0 Å². The van der Waals surface area contributed by atoms with Gasteiger partial charge in [-0.1, -0.05) is 6.07 Å². The highest BCUT2D eigenvalue weighted by Crippen LogP contribution is 2.12. The number of benzene rings is 1.